The van der Waals surface area contributed by atoms with Gasteiger partial charge in [0.25, 0.3) is 5.91 Å². The summed E-state index contributed by atoms with van der Waals surface area (Å²) in [7, 11) is 1.57. The van der Waals surface area contributed by atoms with Gasteiger partial charge in [-0.2, -0.15) is 0 Å². The summed E-state index contributed by atoms with van der Waals surface area (Å²) in [6, 6.07) is 2.93. The molecule has 1 aliphatic rings. The first-order valence-corrected chi connectivity index (χ1v) is 6.68. The zero-order chi connectivity index (χ0) is 15.4. The number of hydrogen-bond donors (Lipinski definition) is 1. The van der Waals surface area contributed by atoms with Crippen molar-refractivity contribution in [1.82, 2.24) is 15.1 Å². The van der Waals surface area contributed by atoms with Gasteiger partial charge in [0.05, 0.1) is 12.1 Å². The molecule has 1 aromatic carbocycles. The molecule has 1 N–H and O–H groups in total. The molecule has 1 heterocycles. The van der Waals surface area contributed by atoms with Gasteiger partial charge >= 0.3 is 0 Å². The molecule has 0 unspecified atom stereocenters. The van der Waals surface area contributed by atoms with Crippen LogP contribution in [0.5, 0.6) is 0 Å². The van der Waals surface area contributed by atoms with E-state index in [-0.39, 0.29) is 18.0 Å². The van der Waals surface area contributed by atoms with Crippen LogP contribution < -0.4 is 5.32 Å². The monoisotopic (exact) mass is 297 g/mol. The van der Waals surface area contributed by atoms with Crippen molar-refractivity contribution in [3.63, 3.8) is 0 Å². The molecular formula is C14H17F2N3O2. The van der Waals surface area contributed by atoms with Gasteiger partial charge in [-0.3, -0.25) is 14.5 Å². The molecule has 0 spiro atoms. The first kappa shape index (κ1) is 15.4. The van der Waals surface area contributed by atoms with Crippen molar-refractivity contribution in [2.24, 2.45) is 0 Å². The average Bonchev–Trinajstić information content (AvgIpc) is 2.47. The van der Waals surface area contributed by atoms with Gasteiger partial charge in [-0.05, 0) is 12.1 Å². The molecule has 0 radical (unpaired) electrons. The largest absolute Gasteiger partial charge is 0.358 e. The lowest BCUT2D eigenvalue weighted by atomic mass is 10.1. The molecule has 2 rings (SSSR count). The third kappa shape index (κ3) is 3.75. The van der Waals surface area contributed by atoms with E-state index in [1.165, 1.54) is 4.90 Å². The molecule has 2 amide bonds. The summed E-state index contributed by atoms with van der Waals surface area (Å²) in [5.74, 6) is -2.10. The summed E-state index contributed by atoms with van der Waals surface area (Å²) >= 11 is 0. The highest BCUT2D eigenvalue weighted by Crippen LogP contribution is 2.14. The number of nitrogens with one attached hydrogen (secondary N) is 1. The lowest BCUT2D eigenvalue weighted by Crippen LogP contribution is -2.51. The van der Waals surface area contributed by atoms with E-state index in [0.717, 1.165) is 12.1 Å². The first-order chi connectivity index (χ1) is 10.0. The number of nitrogens with zero attached hydrogens (tertiary/aromatic N) is 2. The van der Waals surface area contributed by atoms with Gasteiger partial charge in [-0.1, -0.05) is 0 Å². The van der Waals surface area contributed by atoms with Gasteiger partial charge in [-0.15, -0.1) is 0 Å². The molecule has 0 bridgehead atoms. The molecule has 114 valence electrons. The fraction of sp³-hybridized carbons (Fsp3) is 0.429. The summed E-state index contributed by atoms with van der Waals surface area (Å²) in [5, 5.41) is 2.54. The number of rotatable bonds is 3. The molecule has 5 nitrogen and oxygen atoms in total. The smallest absolute Gasteiger partial charge is 0.256 e. The zero-order valence-corrected chi connectivity index (χ0v) is 11.7. The number of likely N-dealkylation sites (N-methyl/N-ethyl adjacent to an activating group) is 1. The Morgan fingerprint density at radius 2 is 1.86 bits per heavy atom. The molecular weight excluding hydrogens is 280 g/mol. The predicted octanol–water partition coefficient (Wildman–Crippen LogP) is 0.469. The second-order valence-electron chi connectivity index (χ2n) is 4.87. The van der Waals surface area contributed by atoms with E-state index in [2.05, 4.69) is 5.32 Å². The van der Waals surface area contributed by atoms with Gasteiger partial charge in [0, 0.05) is 39.3 Å². The molecule has 21 heavy (non-hydrogen) atoms. The number of benzene rings is 1. The number of carbonyl (C=O) groups is 2. The Bertz CT molecular complexity index is 543. The van der Waals surface area contributed by atoms with Gasteiger partial charge in [0.2, 0.25) is 5.91 Å². The molecule has 0 saturated carbocycles. The molecule has 1 aliphatic heterocycles. The number of carbonyl (C=O) groups excluding carboxylic acids is 2. The maximum Gasteiger partial charge on any atom is 0.256 e. The Labute approximate surface area is 121 Å². The van der Waals surface area contributed by atoms with E-state index >= 15 is 0 Å². The van der Waals surface area contributed by atoms with E-state index < -0.39 is 17.5 Å². The minimum Gasteiger partial charge on any atom is -0.358 e. The van der Waals surface area contributed by atoms with Crippen molar-refractivity contribution in [3.05, 3.63) is 35.4 Å². The quantitative estimate of drug-likeness (QED) is 0.882. The third-order valence-electron chi connectivity index (χ3n) is 3.47. The van der Waals surface area contributed by atoms with Crippen LogP contribution in [0.15, 0.2) is 18.2 Å². The second-order valence-corrected chi connectivity index (χ2v) is 4.87. The summed E-state index contributed by atoms with van der Waals surface area (Å²) in [5.41, 5.74) is -0.129. The minimum absolute atomic E-state index is 0.0839. The molecule has 7 heteroatoms. The van der Waals surface area contributed by atoms with Crippen LogP contribution in [0, 0.1) is 11.6 Å². The highest BCUT2D eigenvalue weighted by molar-refractivity contribution is 5.94. The number of piperazine rings is 1. The van der Waals surface area contributed by atoms with E-state index in [1.54, 1.807) is 7.05 Å². The lowest BCUT2D eigenvalue weighted by molar-refractivity contribution is -0.122. The predicted molar refractivity (Wildman–Crippen MR) is 72.8 cm³/mol. The van der Waals surface area contributed by atoms with Crippen LogP contribution in [-0.2, 0) is 4.79 Å². The number of amides is 2. The topological polar surface area (TPSA) is 52.7 Å². The maximum atomic E-state index is 13.6. The van der Waals surface area contributed by atoms with Crippen molar-refractivity contribution < 1.29 is 18.4 Å². The van der Waals surface area contributed by atoms with Crippen LogP contribution in [0.1, 0.15) is 10.4 Å². The Kier molecular flexibility index (Phi) is 4.85. The molecule has 1 aromatic rings. The van der Waals surface area contributed by atoms with E-state index in [0.29, 0.717) is 32.2 Å². The standard InChI is InChI=1S/C14H17F2N3O2/c1-17-13(20)9-18-4-6-19(7-5-18)14(21)11-3-2-10(15)8-12(11)16/h2-3,8H,4-7,9H2,1H3,(H,17,20). The van der Waals surface area contributed by atoms with Gasteiger partial charge in [0.15, 0.2) is 0 Å². The third-order valence-corrected chi connectivity index (χ3v) is 3.47. The minimum atomic E-state index is -0.854. The fourth-order valence-electron chi connectivity index (χ4n) is 2.22. The Morgan fingerprint density at radius 3 is 2.43 bits per heavy atom. The Hall–Kier alpha value is -2.02. The number of halogens is 2. The normalized spacial score (nSPS) is 15.9. The van der Waals surface area contributed by atoms with Crippen molar-refractivity contribution in [1.29, 1.82) is 0 Å². The maximum absolute atomic E-state index is 13.6. The molecule has 0 atom stereocenters. The second kappa shape index (κ2) is 6.62. The van der Waals surface area contributed by atoms with Gasteiger partial charge in [-0.25, -0.2) is 8.78 Å². The van der Waals surface area contributed by atoms with Crippen LogP contribution in [0.2, 0.25) is 0 Å². The summed E-state index contributed by atoms with van der Waals surface area (Å²) in [6.45, 7) is 2.19. The van der Waals surface area contributed by atoms with Crippen molar-refractivity contribution in [2.75, 3.05) is 39.8 Å². The zero-order valence-electron chi connectivity index (χ0n) is 11.7. The average molecular weight is 297 g/mol. The van der Waals surface area contributed by atoms with Crippen molar-refractivity contribution in [2.45, 2.75) is 0 Å². The van der Waals surface area contributed by atoms with Crippen LogP contribution in [0.4, 0.5) is 8.78 Å². The van der Waals surface area contributed by atoms with E-state index in [1.807, 2.05) is 4.90 Å². The summed E-state index contributed by atoms with van der Waals surface area (Å²) in [6.07, 6.45) is 0. The van der Waals surface area contributed by atoms with Crippen LogP contribution in [0.3, 0.4) is 0 Å². The van der Waals surface area contributed by atoms with Crippen molar-refractivity contribution >= 4 is 11.8 Å². The van der Waals surface area contributed by atoms with Crippen LogP contribution in [-0.4, -0.2) is 61.4 Å². The molecule has 1 saturated heterocycles. The summed E-state index contributed by atoms with van der Waals surface area (Å²) in [4.78, 5) is 26.9. The van der Waals surface area contributed by atoms with Crippen LogP contribution >= 0.6 is 0 Å². The van der Waals surface area contributed by atoms with E-state index in [4.69, 9.17) is 0 Å². The van der Waals surface area contributed by atoms with E-state index in [9.17, 15) is 18.4 Å². The SMILES string of the molecule is CNC(=O)CN1CCN(C(=O)c2ccc(F)cc2F)CC1. The Morgan fingerprint density at radius 1 is 1.19 bits per heavy atom. The molecule has 0 aliphatic carbocycles. The first-order valence-electron chi connectivity index (χ1n) is 6.68. The summed E-state index contributed by atoms with van der Waals surface area (Å²) < 4.78 is 26.4. The lowest BCUT2D eigenvalue weighted by Gasteiger charge is -2.34. The van der Waals surface area contributed by atoms with Gasteiger partial charge < -0.3 is 10.2 Å². The fourth-order valence-corrected chi connectivity index (χ4v) is 2.22. The highest BCUT2D eigenvalue weighted by atomic mass is 19.1. The highest BCUT2D eigenvalue weighted by Gasteiger charge is 2.24. The van der Waals surface area contributed by atoms with Crippen LogP contribution in [0.25, 0.3) is 0 Å². The Balaban J connectivity index is 1.95. The number of hydrogen-bond acceptors (Lipinski definition) is 3. The molecule has 1 fully saturated rings. The molecule has 0 aromatic heterocycles. The van der Waals surface area contributed by atoms with Crippen molar-refractivity contribution in [3.8, 4) is 0 Å². The van der Waals surface area contributed by atoms with Gasteiger partial charge in [0.1, 0.15) is 11.6 Å².